The smallest absolute Gasteiger partial charge is 0.332 e. The number of carboxylic acid groups (broad SMARTS) is 1. The number of hydrogen-bond acceptors (Lipinski definition) is 3. The number of rotatable bonds is 4. The van der Waals surface area contributed by atoms with Gasteiger partial charge in [-0.2, -0.15) is 0 Å². The quantitative estimate of drug-likeness (QED) is 0.471. The van der Waals surface area contributed by atoms with E-state index in [1.165, 1.54) is 7.11 Å². The molecule has 0 radical (unpaired) electrons. The van der Waals surface area contributed by atoms with Crippen molar-refractivity contribution < 1.29 is 14.6 Å². The number of thiophene rings is 1. The Morgan fingerprint density at radius 3 is 2.93 bits per heavy atom. The van der Waals surface area contributed by atoms with Crippen molar-refractivity contribution in [2.75, 3.05) is 7.11 Å². The zero-order valence-electron chi connectivity index (χ0n) is 7.64. The van der Waals surface area contributed by atoms with Crippen LogP contribution in [0.1, 0.15) is 4.88 Å². The van der Waals surface area contributed by atoms with Crippen molar-refractivity contribution in [3.63, 3.8) is 0 Å². The Labute approximate surface area is 86.0 Å². The van der Waals surface area contributed by atoms with Crippen molar-refractivity contribution in [3.8, 4) is 0 Å². The van der Waals surface area contributed by atoms with E-state index in [0.717, 1.165) is 11.0 Å². The van der Waals surface area contributed by atoms with Gasteiger partial charge in [-0.25, -0.2) is 4.79 Å². The summed E-state index contributed by atoms with van der Waals surface area (Å²) in [6.45, 7) is 0. The van der Waals surface area contributed by atoms with E-state index in [9.17, 15) is 4.79 Å². The summed E-state index contributed by atoms with van der Waals surface area (Å²) in [5, 5.41) is 10.4. The van der Waals surface area contributed by atoms with Gasteiger partial charge in [-0.05, 0) is 23.6 Å². The maximum Gasteiger partial charge on any atom is 0.332 e. The van der Waals surface area contributed by atoms with Crippen LogP contribution in [0.2, 0.25) is 0 Å². The SMILES string of the molecule is COC(/C=C/c1cccs1)=C/C(=O)O. The molecule has 1 aromatic rings. The highest BCUT2D eigenvalue weighted by atomic mass is 32.1. The molecule has 1 heterocycles. The van der Waals surface area contributed by atoms with Gasteiger partial charge in [0.1, 0.15) is 5.76 Å². The third-order valence-electron chi connectivity index (χ3n) is 1.46. The monoisotopic (exact) mass is 210 g/mol. The average molecular weight is 210 g/mol. The van der Waals surface area contributed by atoms with E-state index in [-0.39, 0.29) is 0 Å². The first-order valence-corrected chi connectivity index (χ1v) is 4.80. The molecule has 0 bridgehead atoms. The molecule has 4 heteroatoms. The van der Waals surface area contributed by atoms with E-state index >= 15 is 0 Å². The zero-order valence-corrected chi connectivity index (χ0v) is 8.45. The summed E-state index contributed by atoms with van der Waals surface area (Å²) in [6.07, 6.45) is 4.45. The molecule has 0 saturated carbocycles. The molecule has 0 aliphatic heterocycles. The molecule has 0 unspecified atom stereocenters. The molecule has 0 aliphatic rings. The fourth-order valence-corrected chi connectivity index (χ4v) is 1.47. The Bertz CT molecular complexity index is 349. The maximum atomic E-state index is 10.3. The van der Waals surface area contributed by atoms with Crippen molar-refractivity contribution in [2.24, 2.45) is 0 Å². The number of carboxylic acids is 1. The first-order valence-electron chi connectivity index (χ1n) is 3.92. The highest BCUT2D eigenvalue weighted by Gasteiger charge is 1.95. The summed E-state index contributed by atoms with van der Waals surface area (Å²) in [5.41, 5.74) is 0. The molecular weight excluding hydrogens is 200 g/mol. The standard InChI is InChI=1S/C10H10O3S/c1-13-8(7-10(11)12)4-5-9-3-2-6-14-9/h2-7H,1H3,(H,11,12)/b5-4+,8-7+. The third-order valence-corrected chi connectivity index (χ3v) is 2.29. The van der Waals surface area contributed by atoms with Gasteiger partial charge < -0.3 is 9.84 Å². The molecule has 0 aliphatic carbocycles. The van der Waals surface area contributed by atoms with Gasteiger partial charge in [-0.15, -0.1) is 11.3 Å². The van der Waals surface area contributed by atoms with E-state index in [1.807, 2.05) is 23.6 Å². The summed E-state index contributed by atoms with van der Waals surface area (Å²) < 4.78 is 4.86. The van der Waals surface area contributed by atoms with Crippen LogP contribution in [0.15, 0.2) is 35.4 Å². The fourth-order valence-electron chi connectivity index (χ4n) is 0.847. The lowest BCUT2D eigenvalue weighted by atomic mass is 10.3. The number of carbonyl (C=O) groups is 1. The third kappa shape index (κ3) is 3.45. The first-order chi connectivity index (χ1) is 6.72. The van der Waals surface area contributed by atoms with Gasteiger partial charge >= 0.3 is 5.97 Å². The number of ether oxygens (including phenoxy) is 1. The van der Waals surface area contributed by atoms with Crippen LogP contribution in [0.4, 0.5) is 0 Å². The molecule has 0 spiro atoms. The second kappa shape index (κ2) is 5.24. The molecule has 74 valence electrons. The van der Waals surface area contributed by atoms with Gasteiger partial charge in [-0.1, -0.05) is 6.07 Å². The van der Waals surface area contributed by atoms with Crippen molar-refractivity contribution in [3.05, 3.63) is 40.3 Å². The number of allylic oxidation sites excluding steroid dienone is 1. The molecule has 14 heavy (non-hydrogen) atoms. The van der Waals surface area contributed by atoms with Crippen molar-refractivity contribution in [2.45, 2.75) is 0 Å². The van der Waals surface area contributed by atoms with Crippen molar-refractivity contribution >= 4 is 23.4 Å². The predicted molar refractivity (Wildman–Crippen MR) is 56.1 cm³/mol. The van der Waals surface area contributed by atoms with E-state index < -0.39 is 5.97 Å². The minimum atomic E-state index is -1.02. The maximum absolute atomic E-state index is 10.3. The van der Waals surface area contributed by atoms with Crippen LogP contribution in [-0.2, 0) is 9.53 Å². The summed E-state index contributed by atoms with van der Waals surface area (Å²) in [7, 11) is 1.44. The van der Waals surface area contributed by atoms with Crippen molar-refractivity contribution in [1.82, 2.24) is 0 Å². The second-order valence-electron chi connectivity index (χ2n) is 2.44. The normalized spacial score (nSPS) is 11.9. The van der Waals surface area contributed by atoms with Crippen LogP contribution in [0, 0.1) is 0 Å². The van der Waals surface area contributed by atoms with Gasteiger partial charge in [0.05, 0.1) is 13.2 Å². The van der Waals surface area contributed by atoms with E-state index in [0.29, 0.717) is 5.76 Å². The molecule has 0 saturated heterocycles. The molecule has 0 fully saturated rings. The van der Waals surface area contributed by atoms with Gasteiger partial charge in [0.25, 0.3) is 0 Å². The molecule has 3 nitrogen and oxygen atoms in total. The van der Waals surface area contributed by atoms with Crippen LogP contribution in [0.25, 0.3) is 6.08 Å². The van der Waals surface area contributed by atoms with Gasteiger partial charge in [0, 0.05) is 4.88 Å². The lowest BCUT2D eigenvalue weighted by Gasteiger charge is -1.96. The minimum Gasteiger partial charge on any atom is -0.496 e. The average Bonchev–Trinajstić information content (AvgIpc) is 2.64. The van der Waals surface area contributed by atoms with Crippen LogP contribution in [0.5, 0.6) is 0 Å². The lowest BCUT2D eigenvalue weighted by molar-refractivity contribution is -0.131. The van der Waals surface area contributed by atoms with Gasteiger partial charge in [-0.3, -0.25) is 0 Å². The topological polar surface area (TPSA) is 46.5 Å². The van der Waals surface area contributed by atoms with E-state index in [4.69, 9.17) is 9.84 Å². The zero-order chi connectivity index (χ0) is 10.4. The highest BCUT2D eigenvalue weighted by Crippen LogP contribution is 2.12. The molecule has 1 rings (SSSR count). The first kappa shape index (κ1) is 10.5. The number of aliphatic carboxylic acids is 1. The Hall–Kier alpha value is -1.55. The highest BCUT2D eigenvalue weighted by molar-refractivity contribution is 7.10. The molecule has 0 aromatic carbocycles. The minimum absolute atomic E-state index is 0.325. The largest absolute Gasteiger partial charge is 0.496 e. The number of methoxy groups -OCH3 is 1. The lowest BCUT2D eigenvalue weighted by Crippen LogP contribution is -1.91. The predicted octanol–water partition coefficient (Wildman–Crippen LogP) is 2.38. The molecule has 1 N–H and O–H groups in total. The van der Waals surface area contributed by atoms with Crippen molar-refractivity contribution in [1.29, 1.82) is 0 Å². The Morgan fingerprint density at radius 1 is 1.64 bits per heavy atom. The van der Waals surface area contributed by atoms with Crippen LogP contribution < -0.4 is 0 Å². The van der Waals surface area contributed by atoms with Gasteiger partial charge in [0.2, 0.25) is 0 Å². The summed E-state index contributed by atoms with van der Waals surface area (Å²) >= 11 is 1.58. The molecular formula is C10H10O3S. The Morgan fingerprint density at radius 2 is 2.43 bits per heavy atom. The van der Waals surface area contributed by atoms with Gasteiger partial charge in [0.15, 0.2) is 0 Å². The summed E-state index contributed by atoms with van der Waals surface area (Å²) in [6, 6.07) is 3.87. The molecule has 0 amide bonds. The van der Waals surface area contributed by atoms with E-state index in [2.05, 4.69) is 0 Å². The summed E-state index contributed by atoms with van der Waals surface area (Å²) in [4.78, 5) is 11.4. The second-order valence-corrected chi connectivity index (χ2v) is 3.42. The molecule has 1 aromatic heterocycles. The van der Waals surface area contributed by atoms with E-state index in [1.54, 1.807) is 17.4 Å². The number of hydrogen-bond donors (Lipinski definition) is 1. The van der Waals surface area contributed by atoms with Crippen LogP contribution >= 0.6 is 11.3 Å². The Balaban J connectivity index is 2.70. The summed E-state index contributed by atoms with van der Waals surface area (Å²) in [5.74, 6) is -0.691. The van der Waals surface area contributed by atoms with Crippen LogP contribution in [0.3, 0.4) is 0 Å². The Kier molecular flexibility index (Phi) is 3.94. The fraction of sp³-hybridized carbons (Fsp3) is 0.100. The van der Waals surface area contributed by atoms with Crippen LogP contribution in [-0.4, -0.2) is 18.2 Å². The molecule has 0 atom stereocenters.